The Morgan fingerprint density at radius 2 is 1.92 bits per heavy atom. The van der Waals surface area contributed by atoms with Crippen molar-refractivity contribution < 1.29 is 38.7 Å². The summed E-state index contributed by atoms with van der Waals surface area (Å²) < 4.78 is 29.6. The molecule has 1 aromatic rings. The third-order valence-electron chi connectivity index (χ3n) is 8.01. The van der Waals surface area contributed by atoms with E-state index in [9.17, 15) is 15.0 Å². The van der Waals surface area contributed by atoms with E-state index in [1.54, 1.807) is 6.92 Å². The molecule has 3 aliphatic rings. The van der Waals surface area contributed by atoms with Gasteiger partial charge in [0.2, 0.25) is 0 Å². The molecule has 3 heterocycles. The van der Waals surface area contributed by atoms with Crippen LogP contribution in [-0.2, 0) is 28.5 Å². The molecule has 3 aliphatic heterocycles. The topological polar surface area (TPSA) is 104 Å². The Labute approximate surface area is 214 Å². The fourth-order valence-electron chi connectivity index (χ4n) is 5.92. The molecule has 8 nitrogen and oxygen atoms in total. The molecule has 0 aromatic heterocycles. The maximum absolute atomic E-state index is 11.7. The highest BCUT2D eigenvalue weighted by Gasteiger charge is 2.45. The third-order valence-corrected chi connectivity index (χ3v) is 8.01. The van der Waals surface area contributed by atoms with E-state index in [0.717, 1.165) is 12.0 Å². The molecule has 10 atom stereocenters. The summed E-state index contributed by atoms with van der Waals surface area (Å²) in [4.78, 5) is 11.7. The summed E-state index contributed by atoms with van der Waals surface area (Å²) in [6.07, 6.45) is 0.744. The minimum atomic E-state index is -1.09. The molecule has 3 saturated heterocycles. The van der Waals surface area contributed by atoms with E-state index < -0.39 is 24.1 Å². The van der Waals surface area contributed by atoms with Crippen LogP contribution in [-0.4, -0.2) is 72.1 Å². The first kappa shape index (κ1) is 27.5. The van der Waals surface area contributed by atoms with Crippen molar-refractivity contribution in [2.24, 2.45) is 11.8 Å². The molecular weight excluding hydrogens is 464 g/mol. The standard InChI is InChI=1S/C28H42O8/c1-17-12-21(34-26(17)18(2)13-25(30)32-4)14-20(29)15-24-28(3,31)11-10-22-23(35-24)16-33-27(36-22)19-8-6-5-7-9-19/h5-9,17-18,20-24,26-27,29,31H,10-16H2,1-4H3/t17-,18+,20-,21+,22-,23+,24-,26+,27+,28+/m0/s1. The number of benzene rings is 1. The number of aliphatic hydroxyl groups is 2. The average molecular weight is 507 g/mol. The highest BCUT2D eigenvalue weighted by atomic mass is 16.7. The van der Waals surface area contributed by atoms with Crippen LogP contribution in [0.15, 0.2) is 30.3 Å². The number of fused-ring (bicyclic) bond motifs is 1. The Bertz CT molecular complexity index is 845. The van der Waals surface area contributed by atoms with E-state index >= 15 is 0 Å². The molecule has 3 fully saturated rings. The highest BCUT2D eigenvalue weighted by Crippen LogP contribution is 2.39. The second-order valence-corrected chi connectivity index (χ2v) is 11.1. The van der Waals surface area contributed by atoms with Crippen molar-refractivity contribution in [1.82, 2.24) is 0 Å². The molecular formula is C28H42O8. The lowest BCUT2D eigenvalue weighted by molar-refractivity contribution is -0.274. The van der Waals surface area contributed by atoms with E-state index in [-0.39, 0.29) is 42.2 Å². The van der Waals surface area contributed by atoms with Crippen LogP contribution in [0.5, 0.6) is 0 Å². The molecule has 1 aromatic carbocycles. The Hall–Kier alpha value is -1.55. The first-order valence-corrected chi connectivity index (χ1v) is 13.3. The van der Waals surface area contributed by atoms with Crippen molar-refractivity contribution in [2.75, 3.05) is 13.7 Å². The summed E-state index contributed by atoms with van der Waals surface area (Å²) in [5.41, 5.74) is -0.130. The predicted molar refractivity (Wildman–Crippen MR) is 132 cm³/mol. The summed E-state index contributed by atoms with van der Waals surface area (Å²) in [6, 6.07) is 9.82. The lowest BCUT2D eigenvalue weighted by Gasteiger charge is -2.37. The van der Waals surface area contributed by atoms with Crippen LogP contribution in [0.4, 0.5) is 0 Å². The lowest BCUT2D eigenvalue weighted by atomic mass is 9.87. The maximum atomic E-state index is 11.7. The molecule has 0 unspecified atom stereocenters. The molecule has 0 spiro atoms. The second-order valence-electron chi connectivity index (χ2n) is 11.1. The van der Waals surface area contributed by atoms with E-state index in [4.69, 9.17) is 23.7 Å². The van der Waals surface area contributed by atoms with Crippen LogP contribution < -0.4 is 0 Å². The Morgan fingerprint density at radius 3 is 2.64 bits per heavy atom. The average Bonchev–Trinajstić information content (AvgIpc) is 3.17. The SMILES string of the molecule is COC(=O)C[C@@H](C)[C@@H]1O[C@@H](C[C@H](O)C[C@@H]2O[C@@H]3CO[C@@H](c4ccccc4)O[C@H]3CC[C@@]2(C)O)C[C@@H]1C. The number of carbonyl (C=O) groups excluding carboxylic acids is 1. The van der Waals surface area contributed by atoms with Gasteiger partial charge in [-0.3, -0.25) is 4.79 Å². The summed E-state index contributed by atoms with van der Waals surface area (Å²) in [5.74, 6) is 0.0935. The number of methoxy groups -OCH3 is 1. The number of aliphatic hydroxyl groups excluding tert-OH is 1. The zero-order chi connectivity index (χ0) is 25.9. The smallest absolute Gasteiger partial charge is 0.305 e. The maximum Gasteiger partial charge on any atom is 0.305 e. The van der Waals surface area contributed by atoms with Gasteiger partial charge in [-0.15, -0.1) is 0 Å². The first-order chi connectivity index (χ1) is 17.2. The van der Waals surface area contributed by atoms with Crippen molar-refractivity contribution in [3.8, 4) is 0 Å². The van der Waals surface area contributed by atoms with Gasteiger partial charge in [-0.05, 0) is 44.4 Å². The van der Waals surface area contributed by atoms with Crippen molar-refractivity contribution in [2.45, 2.75) is 108 Å². The predicted octanol–water partition coefficient (Wildman–Crippen LogP) is 3.53. The molecule has 2 N–H and O–H groups in total. The van der Waals surface area contributed by atoms with Crippen molar-refractivity contribution >= 4 is 5.97 Å². The molecule has 202 valence electrons. The zero-order valence-corrected chi connectivity index (χ0v) is 21.9. The van der Waals surface area contributed by atoms with Gasteiger partial charge in [-0.25, -0.2) is 0 Å². The highest BCUT2D eigenvalue weighted by molar-refractivity contribution is 5.69. The molecule has 36 heavy (non-hydrogen) atoms. The third kappa shape index (κ3) is 6.65. The van der Waals surface area contributed by atoms with Gasteiger partial charge in [0.25, 0.3) is 0 Å². The van der Waals surface area contributed by atoms with Crippen molar-refractivity contribution in [1.29, 1.82) is 0 Å². The van der Waals surface area contributed by atoms with Gasteiger partial charge in [-0.2, -0.15) is 0 Å². The first-order valence-electron chi connectivity index (χ1n) is 13.3. The number of esters is 1. The molecule has 4 rings (SSSR count). The normalized spacial score (nSPS) is 38.6. The van der Waals surface area contributed by atoms with Crippen LogP contribution in [0.2, 0.25) is 0 Å². The molecule has 0 amide bonds. The van der Waals surface area contributed by atoms with Gasteiger partial charge in [0.05, 0.1) is 56.3 Å². The molecule has 0 bridgehead atoms. The fourth-order valence-corrected chi connectivity index (χ4v) is 5.92. The summed E-state index contributed by atoms with van der Waals surface area (Å²) in [6.45, 7) is 6.27. The van der Waals surface area contributed by atoms with E-state index in [2.05, 4.69) is 6.92 Å². The van der Waals surface area contributed by atoms with E-state index in [0.29, 0.717) is 38.7 Å². The monoisotopic (exact) mass is 506 g/mol. The van der Waals surface area contributed by atoms with Crippen LogP contribution in [0.1, 0.15) is 71.1 Å². The van der Waals surface area contributed by atoms with Gasteiger partial charge in [-0.1, -0.05) is 44.2 Å². The largest absolute Gasteiger partial charge is 0.469 e. The van der Waals surface area contributed by atoms with Crippen LogP contribution in [0, 0.1) is 11.8 Å². The fraction of sp³-hybridized carbons (Fsp3) is 0.750. The van der Waals surface area contributed by atoms with Crippen LogP contribution in [0.25, 0.3) is 0 Å². The van der Waals surface area contributed by atoms with Crippen LogP contribution in [0.3, 0.4) is 0 Å². The van der Waals surface area contributed by atoms with E-state index in [1.165, 1.54) is 7.11 Å². The summed E-state index contributed by atoms with van der Waals surface area (Å²) >= 11 is 0. The second kappa shape index (κ2) is 11.9. The number of hydrogen-bond acceptors (Lipinski definition) is 8. The van der Waals surface area contributed by atoms with Gasteiger partial charge in [0.1, 0.15) is 6.10 Å². The van der Waals surface area contributed by atoms with E-state index in [1.807, 2.05) is 37.3 Å². The minimum absolute atomic E-state index is 0.0449. The van der Waals surface area contributed by atoms with Gasteiger partial charge >= 0.3 is 5.97 Å². The summed E-state index contributed by atoms with van der Waals surface area (Å²) in [5, 5.41) is 22.2. The molecule has 0 aliphatic carbocycles. The Kier molecular flexibility index (Phi) is 9.07. The number of ether oxygens (including phenoxy) is 5. The Morgan fingerprint density at radius 1 is 1.17 bits per heavy atom. The molecule has 0 radical (unpaired) electrons. The Balaban J connectivity index is 1.31. The minimum Gasteiger partial charge on any atom is -0.469 e. The van der Waals surface area contributed by atoms with Gasteiger partial charge in [0.15, 0.2) is 6.29 Å². The van der Waals surface area contributed by atoms with Crippen LogP contribution >= 0.6 is 0 Å². The number of hydrogen-bond donors (Lipinski definition) is 2. The summed E-state index contributed by atoms with van der Waals surface area (Å²) in [7, 11) is 1.40. The lowest BCUT2D eigenvalue weighted by Crippen LogP contribution is -2.46. The quantitative estimate of drug-likeness (QED) is 0.516. The number of carbonyl (C=O) groups is 1. The van der Waals surface area contributed by atoms with Gasteiger partial charge < -0.3 is 33.9 Å². The van der Waals surface area contributed by atoms with Crippen molar-refractivity contribution in [3.63, 3.8) is 0 Å². The molecule has 0 saturated carbocycles. The molecule has 8 heteroatoms. The van der Waals surface area contributed by atoms with Crippen molar-refractivity contribution in [3.05, 3.63) is 35.9 Å². The zero-order valence-electron chi connectivity index (χ0n) is 21.9. The number of rotatable bonds is 8. The van der Waals surface area contributed by atoms with Gasteiger partial charge in [0, 0.05) is 12.0 Å².